The molecule has 0 aliphatic heterocycles. The maximum Gasteiger partial charge on any atom is 0.152 e. The molecule has 0 aromatic carbocycles. The van der Waals surface area contributed by atoms with E-state index in [-0.39, 0.29) is 0 Å². The van der Waals surface area contributed by atoms with Crippen molar-refractivity contribution >= 4 is 5.82 Å². The van der Waals surface area contributed by atoms with Crippen LogP contribution in [0.5, 0.6) is 0 Å². The first-order chi connectivity index (χ1) is 7.31. The normalized spacial score (nSPS) is 10.0. The average molecular weight is 200 g/mol. The van der Waals surface area contributed by atoms with E-state index in [1.54, 1.807) is 18.6 Å². The third kappa shape index (κ3) is 1.93. The Bertz CT molecular complexity index is 468. The molecule has 2 aromatic heterocycles. The van der Waals surface area contributed by atoms with Crippen LogP contribution in [0.2, 0.25) is 0 Å². The van der Waals surface area contributed by atoms with Gasteiger partial charge < -0.3 is 5.32 Å². The minimum atomic E-state index is 0.768. The molecule has 0 aliphatic carbocycles. The first-order valence-corrected chi connectivity index (χ1v) is 4.72. The first kappa shape index (κ1) is 9.58. The van der Waals surface area contributed by atoms with Gasteiger partial charge in [-0.2, -0.15) is 0 Å². The third-order valence-electron chi connectivity index (χ3n) is 2.08. The Morgan fingerprint density at radius 1 is 1.13 bits per heavy atom. The van der Waals surface area contributed by atoms with Crippen molar-refractivity contribution < 1.29 is 0 Å². The Balaban J connectivity index is 2.53. The minimum Gasteiger partial charge on any atom is -0.371 e. The van der Waals surface area contributed by atoms with Gasteiger partial charge in [0.25, 0.3) is 0 Å². The summed E-state index contributed by atoms with van der Waals surface area (Å²) in [4.78, 5) is 12.6. The van der Waals surface area contributed by atoms with E-state index in [4.69, 9.17) is 0 Å². The zero-order valence-electron chi connectivity index (χ0n) is 8.73. The van der Waals surface area contributed by atoms with E-state index >= 15 is 0 Å². The molecule has 0 atom stereocenters. The Morgan fingerprint density at radius 3 is 2.67 bits per heavy atom. The number of anilines is 1. The summed E-state index contributed by atoms with van der Waals surface area (Å²) in [6, 6.07) is 2.04. The van der Waals surface area contributed by atoms with Crippen LogP contribution in [0, 0.1) is 6.92 Å². The van der Waals surface area contributed by atoms with Crippen molar-refractivity contribution in [3.05, 3.63) is 36.4 Å². The lowest BCUT2D eigenvalue weighted by atomic mass is 10.1. The molecule has 0 radical (unpaired) electrons. The van der Waals surface area contributed by atoms with Crippen molar-refractivity contribution in [1.82, 2.24) is 15.0 Å². The zero-order chi connectivity index (χ0) is 10.7. The van der Waals surface area contributed by atoms with Gasteiger partial charge >= 0.3 is 0 Å². The smallest absolute Gasteiger partial charge is 0.152 e. The second-order valence-electron chi connectivity index (χ2n) is 3.25. The van der Waals surface area contributed by atoms with Gasteiger partial charge in [0.2, 0.25) is 0 Å². The minimum absolute atomic E-state index is 0.768. The summed E-state index contributed by atoms with van der Waals surface area (Å²) in [5, 5.41) is 3.01. The molecule has 0 bridgehead atoms. The zero-order valence-corrected chi connectivity index (χ0v) is 8.73. The van der Waals surface area contributed by atoms with Crippen LogP contribution in [0.1, 0.15) is 5.56 Å². The standard InChI is InChI=1S/C11H12N4/c1-8-5-9(7-13-6-8)10-11(12-2)15-4-3-14-10/h3-7H,1-2H3,(H,12,15). The van der Waals surface area contributed by atoms with E-state index in [0.29, 0.717) is 0 Å². The molecule has 1 N–H and O–H groups in total. The van der Waals surface area contributed by atoms with Crippen LogP contribution in [0.15, 0.2) is 30.9 Å². The summed E-state index contributed by atoms with van der Waals surface area (Å²) in [5.41, 5.74) is 2.92. The molecule has 0 aliphatic rings. The van der Waals surface area contributed by atoms with Gasteiger partial charge in [0.1, 0.15) is 5.69 Å². The predicted octanol–water partition coefficient (Wildman–Crippen LogP) is 1.89. The van der Waals surface area contributed by atoms with Gasteiger partial charge in [-0.25, -0.2) is 4.98 Å². The highest BCUT2D eigenvalue weighted by molar-refractivity contribution is 5.70. The van der Waals surface area contributed by atoms with Crippen LogP contribution >= 0.6 is 0 Å². The summed E-state index contributed by atoms with van der Waals surface area (Å²) in [5.74, 6) is 0.768. The van der Waals surface area contributed by atoms with E-state index in [1.807, 2.05) is 26.2 Å². The summed E-state index contributed by atoms with van der Waals surface area (Å²) in [6.45, 7) is 2.01. The monoisotopic (exact) mass is 200 g/mol. The largest absolute Gasteiger partial charge is 0.371 e. The SMILES string of the molecule is CNc1nccnc1-c1cncc(C)c1. The molecular weight excluding hydrogens is 188 g/mol. The maximum absolute atomic E-state index is 4.30. The summed E-state index contributed by atoms with van der Waals surface area (Å²) in [7, 11) is 1.83. The molecule has 0 fully saturated rings. The van der Waals surface area contributed by atoms with Gasteiger partial charge in [0, 0.05) is 37.4 Å². The number of hydrogen-bond acceptors (Lipinski definition) is 4. The van der Waals surface area contributed by atoms with Crippen LogP contribution in [0.4, 0.5) is 5.82 Å². The fraction of sp³-hybridized carbons (Fsp3) is 0.182. The lowest BCUT2D eigenvalue weighted by Gasteiger charge is -2.06. The van der Waals surface area contributed by atoms with E-state index in [0.717, 1.165) is 22.6 Å². The van der Waals surface area contributed by atoms with Crippen molar-refractivity contribution in [3.63, 3.8) is 0 Å². The van der Waals surface area contributed by atoms with E-state index in [2.05, 4.69) is 20.3 Å². The number of aromatic nitrogens is 3. The van der Waals surface area contributed by atoms with Gasteiger partial charge in [0.15, 0.2) is 5.82 Å². The van der Waals surface area contributed by atoms with E-state index in [9.17, 15) is 0 Å². The Labute approximate surface area is 88.4 Å². The van der Waals surface area contributed by atoms with Gasteiger partial charge in [-0.1, -0.05) is 0 Å². The molecule has 0 spiro atoms. The molecule has 2 rings (SSSR count). The Kier molecular flexibility index (Phi) is 2.58. The molecule has 4 heteroatoms. The van der Waals surface area contributed by atoms with Crippen molar-refractivity contribution in [1.29, 1.82) is 0 Å². The first-order valence-electron chi connectivity index (χ1n) is 4.72. The van der Waals surface area contributed by atoms with Gasteiger partial charge in [0.05, 0.1) is 0 Å². The topological polar surface area (TPSA) is 50.7 Å². The van der Waals surface area contributed by atoms with E-state index < -0.39 is 0 Å². The van der Waals surface area contributed by atoms with Crippen LogP contribution in [0.25, 0.3) is 11.3 Å². The fourth-order valence-electron chi connectivity index (χ4n) is 1.42. The van der Waals surface area contributed by atoms with Crippen molar-refractivity contribution in [2.75, 3.05) is 12.4 Å². The number of hydrogen-bond donors (Lipinski definition) is 1. The van der Waals surface area contributed by atoms with Crippen LogP contribution < -0.4 is 5.32 Å². The highest BCUT2D eigenvalue weighted by Gasteiger charge is 2.06. The number of aryl methyl sites for hydroxylation is 1. The molecule has 4 nitrogen and oxygen atoms in total. The summed E-state index contributed by atoms with van der Waals surface area (Å²) in [6.07, 6.45) is 6.95. The average Bonchev–Trinajstić information content (AvgIpc) is 2.29. The Morgan fingerprint density at radius 2 is 1.93 bits per heavy atom. The van der Waals surface area contributed by atoms with Crippen molar-refractivity contribution in [3.8, 4) is 11.3 Å². The molecule has 76 valence electrons. The van der Waals surface area contributed by atoms with Crippen LogP contribution in [-0.2, 0) is 0 Å². The summed E-state index contributed by atoms with van der Waals surface area (Å²) < 4.78 is 0. The molecule has 0 saturated heterocycles. The van der Waals surface area contributed by atoms with Gasteiger partial charge in [-0.15, -0.1) is 0 Å². The van der Waals surface area contributed by atoms with Crippen LogP contribution in [-0.4, -0.2) is 22.0 Å². The molecule has 0 saturated carbocycles. The third-order valence-corrected chi connectivity index (χ3v) is 2.08. The Hall–Kier alpha value is -1.97. The number of nitrogens with zero attached hydrogens (tertiary/aromatic N) is 3. The molecule has 2 aromatic rings. The second kappa shape index (κ2) is 4.04. The number of rotatable bonds is 2. The molecule has 15 heavy (non-hydrogen) atoms. The van der Waals surface area contributed by atoms with Gasteiger partial charge in [-0.3, -0.25) is 9.97 Å². The van der Waals surface area contributed by atoms with Gasteiger partial charge in [-0.05, 0) is 18.6 Å². The highest BCUT2D eigenvalue weighted by Crippen LogP contribution is 2.22. The molecule has 0 unspecified atom stereocenters. The highest BCUT2D eigenvalue weighted by atomic mass is 15.0. The molecule has 2 heterocycles. The quantitative estimate of drug-likeness (QED) is 0.804. The lowest BCUT2D eigenvalue weighted by molar-refractivity contribution is 1.18. The van der Waals surface area contributed by atoms with E-state index in [1.165, 1.54) is 0 Å². The molecule has 0 amide bonds. The van der Waals surface area contributed by atoms with Crippen LogP contribution in [0.3, 0.4) is 0 Å². The maximum atomic E-state index is 4.30. The predicted molar refractivity (Wildman–Crippen MR) is 59.5 cm³/mol. The summed E-state index contributed by atoms with van der Waals surface area (Å²) >= 11 is 0. The molecular formula is C11H12N4. The van der Waals surface area contributed by atoms with Crippen molar-refractivity contribution in [2.24, 2.45) is 0 Å². The fourth-order valence-corrected chi connectivity index (χ4v) is 1.42. The number of nitrogens with one attached hydrogen (secondary N) is 1. The lowest BCUT2D eigenvalue weighted by Crippen LogP contribution is -1.97. The second-order valence-corrected chi connectivity index (χ2v) is 3.25. The number of pyridine rings is 1. The van der Waals surface area contributed by atoms with Crippen molar-refractivity contribution in [2.45, 2.75) is 6.92 Å².